The minimum atomic E-state index is -0.873. The molecule has 1 radical (unpaired) electrons. The van der Waals surface area contributed by atoms with E-state index in [1.54, 1.807) is 6.92 Å². The fraction of sp³-hybridized carbons (Fsp3) is 0.875. The Balaban J connectivity index is 4.21. The molecule has 28 heavy (non-hydrogen) atoms. The van der Waals surface area contributed by atoms with Crippen molar-refractivity contribution in [3.63, 3.8) is 0 Å². The molecule has 4 nitrogen and oxygen atoms in total. The summed E-state index contributed by atoms with van der Waals surface area (Å²) in [5.41, 5.74) is -0.873. The fourth-order valence-corrected chi connectivity index (χ4v) is 3.71. The quantitative estimate of drug-likeness (QED) is 0.295. The first-order valence-electron chi connectivity index (χ1n) is 11.2. The molecule has 4 atom stereocenters. The Kier molecular flexibility index (Phi) is 13.5. The number of hydrogen-bond acceptors (Lipinski definition) is 4. The molecule has 0 aliphatic rings. The zero-order valence-corrected chi connectivity index (χ0v) is 19.5. The number of carbonyl (C=O) groups excluding carboxylic acids is 2. The molecule has 4 heteroatoms. The van der Waals surface area contributed by atoms with Gasteiger partial charge in [0.2, 0.25) is 0 Å². The summed E-state index contributed by atoms with van der Waals surface area (Å²) in [5, 5.41) is 0. The third-order valence-electron chi connectivity index (χ3n) is 5.61. The van der Waals surface area contributed by atoms with Crippen LogP contribution in [0.2, 0.25) is 0 Å². The average Bonchev–Trinajstić information content (AvgIpc) is 2.53. The highest BCUT2D eigenvalue weighted by Crippen LogP contribution is 2.28. The van der Waals surface area contributed by atoms with Gasteiger partial charge < -0.3 is 9.47 Å². The summed E-state index contributed by atoms with van der Waals surface area (Å²) in [6.45, 7) is 17.7. The van der Waals surface area contributed by atoms with Gasteiger partial charge in [-0.15, -0.1) is 0 Å². The van der Waals surface area contributed by atoms with Gasteiger partial charge in [-0.2, -0.15) is 0 Å². The second-order valence-electron chi connectivity index (χ2n) is 9.36. The predicted octanol–water partition coefficient (Wildman–Crippen LogP) is 6.51. The molecule has 0 aliphatic carbocycles. The topological polar surface area (TPSA) is 52.6 Å². The number of rotatable bonds is 15. The van der Waals surface area contributed by atoms with Gasteiger partial charge >= 0.3 is 11.9 Å². The van der Waals surface area contributed by atoms with E-state index in [0.29, 0.717) is 12.3 Å². The third-order valence-corrected chi connectivity index (χ3v) is 5.61. The summed E-state index contributed by atoms with van der Waals surface area (Å²) in [6, 6.07) is 0. The molecule has 0 N–H and O–H groups in total. The van der Waals surface area contributed by atoms with Gasteiger partial charge in [0, 0.05) is 13.8 Å². The lowest BCUT2D eigenvalue weighted by Gasteiger charge is -2.34. The van der Waals surface area contributed by atoms with Crippen molar-refractivity contribution in [3.05, 3.63) is 6.92 Å². The molecule has 0 spiro atoms. The molecule has 0 aromatic rings. The van der Waals surface area contributed by atoms with Crippen molar-refractivity contribution in [2.75, 3.05) is 0 Å². The van der Waals surface area contributed by atoms with E-state index < -0.39 is 17.7 Å². The monoisotopic (exact) mass is 397 g/mol. The van der Waals surface area contributed by atoms with Crippen LogP contribution in [0.1, 0.15) is 106 Å². The maximum absolute atomic E-state index is 11.5. The highest BCUT2D eigenvalue weighted by Gasteiger charge is 2.36. The maximum Gasteiger partial charge on any atom is 0.303 e. The predicted molar refractivity (Wildman–Crippen MR) is 116 cm³/mol. The zero-order valence-electron chi connectivity index (χ0n) is 19.5. The van der Waals surface area contributed by atoms with E-state index in [1.807, 2.05) is 0 Å². The third kappa shape index (κ3) is 13.2. The first kappa shape index (κ1) is 26.9. The Morgan fingerprint density at radius 3 is 1.71 bits per heavy atom. The van der Waals surface area contributed by atoms with Crippen molar-refractivity contribution >= 4 is 11.9 Å². The first-order chi connectivity index (χ1) is 13.0. The van der Waals surface area contributed by atoms with Gasteiger partial charge in [0.15, 0.2) is 0 Å². The van der Waals surface area contributed by atoms with E-state index in [9.17, 15) is 9.59 Å². The molecular formula is C24H45O4. The van der Waals surface area contributed by atoms with Gasteiger partial charge in [-0.05, 0) is 44.4 Å². The van der Waals surface area contributed by atoms with Crippen LogP contribution in [0.4, 0.5) is 0 Å². The SMILES string of the molecule is [CH2]C(OC(C)=O)C(C)(CCCC(C)CCCC(C)CCCC(C)C)OC(C)=O. The Morgan fingerprint density at radius 2 is 1.29 bits per heavy atom. The van der Waals surface area contributed by atoms with Crippen LogP contribution in [-0.2, 0) is 19.1 Å². The van der Waals surface area contributed by atoms with Gasteiger partial charge in [0.1, 0.15) is 11.7 Å². The number of carbonyl (C=O) groups is 2. The lowest BCUT2D eigenvalue weighted by Crippen LogP contribution is -2.44. The van der Waals surface area contributed by atoms with Crippen LogP contribution < -0.4 is 0 Å². The van der Waals surface area contributed by atoms with Crippen LogP contribution in [-0.4, -0.2) is 23.6 Å². The Morgan fingerprint density at radius 1 is 0.821 bits per heavy atom. The maximum atomic E-state index is 11.5. The first-order valence-corrected chi connectivity index (χ1v) is 11.2. The molecular weight excluding hydrogens is 352 g/mol. The molecule has 0 aliphatic heterocycles. The van der Waals surface area contributed by atoms with Crippen LogP contribution in [0.5, 0.6) is 0 Å². The molecule has 0 aromatic carbocycles. The van der Waals surface area contributed by atoms with Gasteiger partial charge in [0.05, 0.1) is 0 Å². The molecule has 0 saturated carbocycles. The van der Waals surface area contributed by atoms with Crippen LogP contribution in [0, 0.1) is 24.7 Å². The van der Waals surface area contributed by atoms with E-state index in [0.717, 1.165) is 24.7 Å². The lowest BCUT2D eigenvalue weighted by molar-refractivity contribution is -0.177. The molecule has 0 heterocycles. The zero-order chi connectivity index (χ0) is 21.7. The largest absolute Gasteiger partial charge is 0.458 e. The van der Waals surface area contributed by atoms with Gasteiger partial charge in [-0.25, -0.2) is 0 Å². The average molecular weight is 398 g/mol. The molecule has 4 unspecified atom stereocenters. The van der Waals surface area contributed by atoms with Crippen molar-refractivity contribution in [3.8, 4) is 0 Å². The summed E-state index contributed by atoms with van der Waals surface area (Å²) in [7, 11) is 0. The summed E-state index contributed by atoms with van der Waals surface area (Å²) < 4.78 is 10.7. The normalized spacial score (nSPS) is 16.9. The summed E-state index contributed by atoms with van der Waals surface area (Å²) in [4.78, 5) is 22.7. The van der Waals surface area contributed by atoms with E-state index in [2.05, 4.69) is 34.6 Å². The standard InChI is InChI=1S/C24H45O4/c1-18(2)12-9-13-19(3)14-10-15-20(4)16-11-17-24(8,28-23(7)26)21(5)27-22(6)25/h18-21H,5,9-17H2,1-4,6-8H3. The Labute approximate surface area is 174 Å². The van der Waals surface area contributed by atoms with Gasteiger partial charge in [-0.3, -0.25) is 9.59 Å². The number of esters is 2. The second-order valence-corrected chi connectivity index (χ2v) is 9.36. The van der Waals surface area contributed by atoms with Crippen LogP contribution in [0.25, 0.3) is 0 Å². The summed E-state index contributed by atoms with van der Waals surface area (Å²) in [5.74, 6) is 1.48. The highest BCUT2D eigenvalue weighted by molar-refractivity contribution is 5.67. The van der Waals surface area contributed by atoms with Crippen molar-refractivity contribution < 1.29 is 19.1 Å². The van der Waals surface area contributed by atoms with E-state index >= 15 is 0 Å². The molecule has 0 aromatic heterocycles. The summed E-state index contributed by atoms with van der Waals surface area (Å²) >= 11 is 0. The second kappa shape index (κ2) is 14.0. The van der Waals surface area contributed by atoms with E-state index in [4.69, 9.17) is 9.47 Å². The van der Waals surface area contributed by atoms with Crippen LogP contribution >= 0.6 is 0 Å². The lowest BCUT2D eigenvalue weighted by atomic mass is 9.88. The minimum absolute atomic E-state index is 0.372. The Bertz CT molecular complexity index is 446. The Hall–Kier alpha value is -1.06. The molecule has 0 rings (SSSR count). The molecule has 165 valence electrons. The van der Waals surface area contributed by atoms with Crippen molar-refractivity contribution in [1.29, 1.82) is 0 Å². The molecule has 0 fully saturated rings. The molecule has 0 saturated heterocycles. The van der Waals surface area contributed by atoms with Crippen LogP contribution in [0.15, 0.2) is 0 Å². The number of ether oxygens (including phenoxy) is 2. The smallest absolute Gasteiger partial charge is 0.303 e. The van der Waals surface area contributed by atoms with Gasteiger partial charge in [0.25, 0.3) is 0 Å². The highest BCUT2D eigenvalue weighted by atomic mass is 16.6. The molecule has 0 amide bonds. The molecule has 0 bridgehead atoms. The minimum Gasteiger partial charge on any atom is -0.458 e. The van der Waals surface area contributed by atoms with Crippen LogP contribution in [0.3, 0.4) is 0 Å². The van der Waals surface area contributed by atoms with Crippen molar-refractivity contribution in [2.45, 2.75) is 118 Å². The van der Waals surface area contributed by atoms with Crippen molar-refractivity contribution in [2.24, 2.45) is 17.8 Å². The van der Waals surface area contributed by atoms with E-state index in [-0.39, 0.29) is 5.97 Å². The van der Waals surface area contributed by atoms with E-state index in [1.165, 1.54) is 52.4 Å². The van der Waals surface area contributed by atoms with Gasteiger partial charge in [-0.1, -0.05) is 72.6 Å². The summed E-state index contributed by atoms with van der Waals surface area (Å²) in [6.07, 6.45) is 9.77. The fourth-order valence-electron chi connectivity index (χ4n) is 3.71. The van der Waals surface area contributed by atoms with Crippen molar-refractivity contribution in [1.82, 2.24) is 0 Å². The number of hydrogen-bond donors (Lipinski definition) is 0.